The topological polar surface area (TPSA) is 28.0 Å². The third-order valence-electron chi connectivity index (χ3n) is 2.96. The van der Waals surface area contributed by atoms with Gasteiger partial charge in [-0.1, -0.05) is 60.7 Å². The summed E-state index contributed by atoms with van der Waals surface area (Å²) in [6, 6.07) is 19.9. The fraction of sp³-hybridized carbons (Fsp3) is 0.0667. The second-order valence-electron chi connectivity index (χ2n) is 4.30. The predicted molar refractivity (Wildman–Crippen MR) is 91.3 cm³/mol. The highest BCUT2D eigenvalue weighted by Crippen LogP contribution is 2.31. The van der Waals surface area contributed by atoms with Crippen LogP contribution in [0.5, 0.6) is 0 Å². The smallest absolute Gasteiger partial charge is 0.211 e. The minimum atomic E-state index is -0.156. The van der Waals surface area contributed by atoms with Crippen LogP contribution in [0.1, 0.15) is 17.3 Å². The van der Waals surface area contributed by atoms with E-state index >= 15 is 0 Å². The monoisotopic (exact) mass is 395 g/mol. The number of amidine groups is 2. The lowest BCUT2D eigenvalue weighted by atomic mass is 10.1. The fourth-order valence-electron chi connectivity index (χ4n) is 1.99. The zero-order valence-electron chi connectivity index (χ0n) is 10.4. The van der Waals surface area contributed by atoms with Crippen molar-refractivity contribution < 1.29 is 0 Å². The van der Waals surface area contributed by atoms with Crippen molar-refractivity contribution in [3.63, 3.8) is 0 Å². The first-order valence-corrected chi connectivity index (χ1v) is 7.47. The molecule has 0 spiro atoms. The molecule has 1 aliphatic heterocycles. The van der Waals surface area contributed by atoms with Gasteiger partial charge in [-0.2, -0.15) is 4.99 Å². The Bertz CT molecular complexity index is 655. The van der Waals surface area contributed by atoms with Gasteiger partial charge in [0.1, 0.15) is 0 Å². The third-order valence-corrected chi connectivity index (χ3v) is 4.50. The Kier molecular flexibility index (Phi) is 4.03. The van der Waals surface area contributed by atoms with Gasteiger partial charge in [0, 0.05) is 5.56 Å². The van der Waals surface area contributed by atoms with Crippen LogP contribution in [0.4, 0.5) is 0 Å². The first-order valence-electron chi connectivity index (χ1n) is 6.13. The van der Waals surface area contributed by atoms with Gasteiger partial charge in [0.15, 0.2) is 12.0 Å². The molecule has 0 saturated heterocycles. The highest BCUT2D eigenvalue weighted by Gasteiger charge is 2.25. The maximum atomic E-state index is 6.24. The van der Waals surface area contributed by atoms with Gasteiger partial charge in [0.2, 0.25) is 5.29 Å². The van der Waals surface area contributed by atoms with Crippen molar-refractivity contribution in [3.8, 4) is 0 Å². The Morgan fingerprint density at radius 1 is 0.950 bits per heavy atom. The van der Waals surface area contributed by atoms with Crippen molar-refractivity contribution in [2.24, 2.45) is 9.98 Å². The van der Waals surface area contributed by atoms with E-state index in [1.165, 1.54) is 0 Å². The molecule has 20 heavy (non-hydrogen) atoms. The van der Waals surface area contributed by atoms with Crippen molar-refractivity contribution in [2.45, 2.75) is 6.17 Å². The van der Waals surface area contributed by atoms with Crippen molar-refractivity contribution in [1.29, 1.82) is 0 Å². The van der Waals surface area contributed by atoms with E-state index in [0.29, 0.717) is 11.1 Å². The number of benzene rings is 2. The highest BCUT2D eigenvalue weighted by atomic mass is 127. The zero-order chi connectivity index (χ0) is 13.9. The van der Waals surface area contributed by atoms with Gasteiger partial charge in [-0.05, 0) is 17.2 Å². The molecule has 1 unspecified atom stereocenters. The van der Waals surface area contributed by atoms with Crippen LogP contribution in [-0.4, -0.2) is 14.2 Å². The average Bonchev–Trinajstić information content (AvgIpc) is 2.51. The molecular weight excluding hydrogens is 385 g/mol. The van der Waals surface area contributed by atoms with Crippen LogP contribution in [0.15, 0.2) is 70.6 Å². The highest BCUT2D eigenvalue weighted by molar-refractivity contribution is 14.1. The number of nitrogens with zero attached hydrogens (tertiary/aromatic N) is 3. The van der Waals surface area contributed by atoms with Crippen molar-refractivity contribution in [3.05, 3.63) is 71.8 Å². The Labute approximate surface area is 136 Å². The van der Waals surface area contributed by atoms with Gasteiger partial charge in [-0.15, -0.1) is 0 Å². The summed E-state index contributed by atoms with van der Waals surface area (Å²) in [4.78, 5) is 9.08. The summed E-state index contributed by atoms with van der Waals surface area (Å²) < 4.78 is 1.83. The normalized spacial score (nSPS) is 18.5. The third kappa shape index (κ3) is 2.71. The van der Waals surface area contributed by atoms with Gasteiger partial charge < -0.3 is 0 Å². The second kappa shape index (κ2) is 5.93. The van der Waals surface area contributed by atoms with Crippen molar-refractivity contribution in [1.82, 2.24) is 3.11 Å². The van der Waals surface area contributed by atoms with Crippen LogP contribution >= 0.6 is 34.5 Å². The van der Waals surface area contributed by atoms with Gasteiger partial charge in [0.25, 0.3) is 0 Å². The lowest BCUT2D eigenvalue weighted by Gasteiger charge is -2.27. The quantitative estimate of drug-likeness (QED) is 0.421. The van der Waals surface area contributed by atoms with Crippen LogP contribution in [0.2, 0.25) is 0 Å². The van der Waals surface area contributed by atoms with E-state index in [4.69, 9.17) is 16.6 Å². The molecular formula is C15H11ClIN3. The van der Waals surface area contributed by atoms with Crippen molar-refractivity contribution >= 4 is 45.6 Å². The molecule has 100 valence electrons. The Morgan fingerprint density at radius 3 is 2.20 bits per heavy atom. The molecule has 0 bridgehead atoms. The Balaban J connectivity index is 2.03. The summed E-state index contributed by atoms with van der Waals surface area (Å²) in [5.74, 6) is 0.664. The van der Waals surface area contributed by atoms with Crippen LogP contribution < -0.4 is 0 Å². The fourth-order valence-corrected chi connectivity index (χ4v) is 2.71. The van der Waals surface area contributed by atoms with Crippen LogP contribution in [0.3, 0.4) is 0 Å². The molecule has 1 aliphatic rings. The molecule has 0 fully saturated rings. The molecule has 1 heterocycles. The molecule has 2 aromatic carbocycles. The maximum Gasteiger partial charge on any atom is 0.211 e. The maximum absolute atomic E-state index is 6.24. The summed E-state index contributed by atoms with van der Waals surface area (Å²) in [5, 5.41) is 0.438. The van der Waals surface area contributed by atoms with Crippen LogP contribution in [0.25, 0.3) is 0 Å². The van der Waals surface area contributed by atoms with Gasteiger partial charge in [0.05, 0.1) is 22.9 Å². The minimum absolute atomic E-state index is 0.156. The largest absolute Gasteiger partial charge is 0.261 e. The first-order chi connectivity index (χ1) is 9.75. The number of hydrogen-bond acceptors (Lipinski definition) is 3. The Hall–Kier alpha value is -1.40. The molecule has 3 rings (SSSR count). The molecule has 1 atom stereocenters. The molecule has 0 aliphatic carbocycles. The van der Waals surface area contributed by atoms with Crippen LogP contribution in [0, 0.1) is 0 Å². The van der Waals surface area contributed by atoms with Gasteiger partial charge >= 0.3 is 0 Å². The van der Waals surface area contributed by atoms with Gasteiger partial charge in [-0.3, -0.25) is 3.11 Å². The predicted octanol–water partition coefficient (Wildman–Crippen LogP) is 4.39. The number of aliphatic imine (C=N–C) groups is 2. The summed E-state index contributed by atoms with van der Waals surface area (Å²) in [7, 11) is 0. The lowest BCUT2D eigenvalue weighted by Crippen LogP contribution is -2.27. The molecule has 0 aromatic heterocycles. The average molecular weight is 396 g/mol. The second-order valence-corrected chi connectivity index (χ2v) is 5.67. The van der Waals surface area contributed by atoms with E-state index in [9.17, 15) is 0 Å². The van der Waals surface area contributed by atoms with E-state index in [0.717, 1.165) is 11.1 Å². The number of rotatable bonds is 2. The number of halogens is 2. The standard InChI is InChI=1S/C15H11ClIN3/c16-15-19-13(11-7-3-1-4-8-11)18-14(20(15)17)12-9-5-2-6-10-12/h1-10,14H. The molecule has 5 heteroatoms. The van der Waals surface area contributed by atoms with Crippen LogP contribution in [-0.2, 0) is 0 Å². The van der Waals surface area contributed by atoms with Crippen molar-refractivity contribution in [2.75, 3.05) is 0 Å². The molecule has 0 saturated carbocycles. The SMILES string of the molecule is ClC1=NC(c2ccccc2)=NC(c2ccccc2)N1I. The Morgan fingerprint density at radius 2 is 1.55 bits per heavy atom. The molecule has 0 amide bonds. The van der Waals surface area contributed by atoms with E-state index in [1.54, 1.807) is 0 Å². The lowest BCUT2D eigenvalue weighted by molar-refractivity contribution is 0.544. The zero-order valence-corrected chi connectivity index (χ0v) is 13.4. The summed E-state index contributed by atoms with van der Waals surface area (Å²) in [6.45, 7) is 0. The summed E-state index contributed by atoms with van der Waals surface area (Å²) in [5.41, 5.74) is 2.06. The minimum Gasteiger partial charge on any atom is -0.261 e. The van der Waals surface area contributed by atoms with E-state index in [-0.39, 0.29) is 6.17 Å². The molecule has 2 aromatic rings. The van der Waals surface area contributed by atoms with E-state index in [2.05, 4.69) is 27.9 Å². The van der Waals surface area contributed by atoms with E-state index in [1.807, 2.05) is 63.8 Å². The first kappa shape index (κ1) is 13.6. The molecule has 3 nitrogen and oxygen atoms in total. The van der Waals surface area contributed by atoms with Gasteiger partial charge in [-0.25, -0.2) is 4.99 Å². The summed E-state index contributed by atoms with van der Waals surface area (Å²) >= 11 is 8.39. The van der Waals surface area contributed by atoms with E-state index < -0.39 is 0 Å². The number of hydrogen-bond donors (Lipinski definition) is 0. The molecule has 0 radical (unpaired) electrons. The molecule has 0 N–H and O–H groups in total. The summed E-state index contributed by atoms with van der Waals surface area (Å²) in [6.07, 6.45) is -0.156.